The van der Waals surface area contributed by atoms with Crippen LogP contribution < -0.4 is 15.0 Å². The Morgan fingerprint density at radius 1 is 1.12 bits per heavy atom. The molecule has 0 radical (unpaired) electrons. The first-order valence-corrected chi connectivity index (χ1v) is 7.82. The van der Waals surface area contributed by atoms with Crippen molar-refractivity contribution in [2.75, 3.05) is 12.0 Å². The SMILES string of the molecule is COc1ccc(N2C(=O)NC(=O)C(=Cc3ccc(O)cc3)C2=O)cc1Cl. The molecular weight excluding hydrogens is 360 g/mol. The molecule has 1 aliphatic heterocycles. The van der Waals surface area contributed by atoms with Crippen LogP contribution in [0.4, 0.5) is 10.5 Å². The number of carbonyl (C=O) groups is 3. The number of halogens is 1. The molecule has 2 aromatic rings. The summed E-state index contributed by atoms with van der Waals surface area (Å²) in [6.45, 7) is 0. The highest BCUT2D eigenvalue weighted by atomic mass is 35.5. The number of imide groups is 2. The third-order valence-electron chi connectivity index (χ3n) is 3.70. The molecule has 1 heterocycles. The Bertz CT molecular complexity index is 937. The quantitative estimate of drug-likeness (QED) is 0.638. The third kappa shape index (κ3) is 3.25. The van der Waals surface area contributed by atoms with Crippen molar-refractivity contribution in [1.29, 1.82) is 0 Å². The van der Waals surface area contributed by atoms with Gasteiger partial charge in [-0.2, -0.15) is 0 Å². The number of hydrogen-bond donors (Lipinski definition) is 2. The average molecular weight is 373 g/mol. The smallest absolute Gasteiger partial charge is 0.335 e. The number of ether oxygens (including phenoxy) is 1. The van der Waals surface area contributed by atoms with Gasteiger partial charge in [-0.25, -0.2) is 9.69 Å². The fraction of sp³-hybridized carbons (Fsp3) is 0.0556. The topological polar surface area (TPSA) is 95.9 Å². The molecule has 26 heavy (non-hydrogen) atoms. The van der Waals surface area contributed by atoms with E-state index in [4.69, 9.17) is 16.3 Å². The zero-order chi connectivity index (χ0) is 18.8. The summed E-state index contributed by atoms with van der Waals surface area (Å²) < 4.78 is 5.05. The Labute approximate surface area is 153 Å². The van der Waals surface area contributed by atoms with E-state index >= 15 is 0 Å². The number of anilines is 1. The van der Waals surface area contributed by atoms with E-state index < -0.39 is 17.8 Å². The highest BCUT2D eigenvalue weighted by Crippen LogP contribution is 2.31. The molecule has 0 atom stereocenters. The maximum atomic E-state index is 12.7. The van der Waals surface area contributed by atoms with E-state index in [1.54, 1.807) is 0 Å². The largest absolute Gasteiger partial charge is 0.508 e. The second kappa shape index (κ2) is 6.89. The Hall–Kier alpha value is -3.32. The number of phenols is 1. The zero-order valence-corrected chi connectivity index (χ0v) is 14.3. The van der Waals surface area contributed by atoms with Crippen LogP contribution in [0.2, 0.25) is 5.02 Å². The summed E-state index contributed by atoms with van der Waals surface area (Å²) in [6.07, 6.45) is 1.33. The number of carbonyl (C=O) groups excluding carboxylic acids is 3. The molecule has 0 aliphatic carbocycles. The van der Waals surface area contributed by atoms with Crippen molar-refractivity contribution in [3.05, 3.63) is 58.6 Å². The number of rotatable bonds is 3. The molecule has 4 amide bonds. The summed E-state index contributed by atoms with van der Waals surface area (Å²) in [7, 11) is 1.44. The third-order valence-corrected chi connectivity index (χ3v) is 3.99. The molecule has 1 saturated heterocycles. The van der Waals surface area contributed by atoms with Gasteiger partial charge in [-0.15, -0.1) is 0 Å². The minimum Gasteiger partial charge on any atom is -0.508 e. The van der Waals surface area contributed by atoms with Crippen molar-refractivity contribution < 1.29 is 24.2 Å². The Morgan fingerprint density at radius 2 is 1.81 bits per heavy atom. The molecule has 0 bridgehead atoms. The minimum atomic E-state index is -0.871. The van der Waals surface area contributed by atoms with Crippen LogP contribution in [0.5, 0.6) is 11.5 Å². The number of urea groups is 1. The summed E-state index contributed by atoms with van der Waals surface area (Å²) in [5, 5.41) is 11.7. The van der Waals surface area contributed by atoms with Crippen molar-refractivity contribution in [3.8, 4) is 11.5 Å². The molecule has 0 spiro atoms. The fourth-order valence-electron chi connectivity index (χ4n) is 2.42. The van der Waals surface area contributed by atoms with Crippen LogP contribution in [0.15, 0.2) is 48.0 Å². The number of benzene rings is 2. The molecule has 0 unspecified atom stereocenters. The van der Waals surface area contributed by atoms with E-state index in [0.29, 0.717) is 11.3 Å². The summed E-state index contributed by atoms with van der Waals surface area (Å²) in [6, 6.07) is 9.43. The maximum Gasteiger partial charge on any atom is 0.335 e. The van der Waals surface area contributed by atoms with E-state index in [9.17, 15) is 19.5 Å². The van der Waals surface area contributed by atoms with Gasteiger partial charge in [-0.3, -0.25) is 14.9 Å². The van der Waals surface area contributed by atoms with E-state index in [2.05, 4.69) is 5.32 Å². The predicted molar refractivity (Wildman–Crippen MR) is 95.1 cm³/mol. The minimum absolute atomic E-state index is 0.0521. The summed E-state index contributed by atoms with van der Waals surface area (Å²) in [4.78, 5) is 37.8. The van der Waals surface area contributed by atoms with E-state index in [-0.39, 0.29) is 22.0 Å². The maximum absolute atomic E-state index is 12.7. The second-order valence-electron chi connectivity index (χ2n) is 5.37. The van der Waals surface area contributed by atoms with Gasteiger partial charge in [0, 0.05) is 0 Å². The van der Waals surface area contributed by atoms with Crippen molar-refractivity contribution in [2.24, 2.45) is 0 Å². The van der Waals surface area contributed by atoms with Crippen molar-refractivity contribution in [3.63, 3.8) is 0 Å². The molecule has 0 aromatic heterocycles. The number of barbiturate groups is 1. The Balaban J connectivity index is 2.00. The molecule has 1 fully saturated rings. The monoisotopic (exact) mass is 372 g/mol. The van der Waals surface area contributed by atoms with Gasteiger partial charge in [-0.1, -0.05) is 23.7 Å². The first kappa shape index (κ1) is 17.5. The van der Waals surface area contributed by atoms with Crippen LogP contribution in [-0.4, -0.2) is 30.1 Å². The summed E-state index contributed by atoms with van der Waals surface area (Å²) >= 11 is 6.05. The lowest BCUT2D eigenvalue weighted by Gasteiger charge is -2.26. The van der Waals surface area contributed by atoms with Crippen LogP contribution in [0.3, 0.4) is 0 Å². The van der Waals surface area contributed by atoms with Gasteiger partial charge in [0.05, 0.1) is 17.8 Å². The summed E-state index contributed by atoms with van der Waals surface area (Å²) in [5.74, 6) is -1.15. The number of methoxy groups -OCH3 is 1. The lowest BCUT2D eigenvalue weighted by molar-refractivity contribution is -0.122. The normalized spacial score (nSPS) is 16.0. The van der Waals surface area contributed by atoms with E-state index in [1.165, 1.54) is 55.7 Å². The van der Waals surface area contributed by atoms with Gasteiger partial charge in [0.2, 0.25) is 0 Å². The first-order valence-electron chi connectivity index (χ1n) is 7.44. The highest BCUT2D eigenvalue weighted by molar-refractivity contribution is 6.39. The molecule has 7 nitrogen and oxygen atoms in total. The molecule has 132 valence electrons. The highest BCUT2D eigenvalue weighted by Gasteiger charge is 2.37. The molecule has 2 N–H and O–H groups in total. The molecule has 3 rings (SSSR count). The molecule has 1 aliphatic rings. The van der Waals surface area contributed by atoms with Crippen LogP contribution >= 0.6 is 11.6 Å². The average Bonchev–Trinajstić information content (AvgIpc) is 2.60. The molecule has 8 heteroatoms. The van der Waals surface area contributed by atoms with Crippen LogP contribution in [0.1, 0.15) is 5.56 Å². The second-order valence-corrected chi connectivity index (χ2v) is 5.78. The lowest BCUT2D eigenvalue weighted by atomic mass is 10.1. The van der Waals surface area contributed by atoms with Crippen molar-refractivity contribution in [2.45, 2.75) is 0 Å². The Morgan fingerprint density at radius 3 is 2.42 bits per heavy atom. The van der Waals surface area contributed by atoms with E-state index in [0.717, 1.165) is 4.90 Å². The zero-order valence-electron chi connectivity index (χ0n) is 13.5. The Kier molecular flexibility index (Phi) is 4.64. The number of nitrogens with one attached hydrogen (secondary N) is 1. The van der Waals surface area contributed by atoms with Crippen molar-refractivity contribution >= 4 is 41.2 Å². The van der Waals surface area contributed by atoms with Gasteiger partial charge in [0.25, 0.3) is 11.8 Å². The number of nitrogens with zero attached hydrogens (tertiary/aromatic N) is 1. The lowest BCUT2D eigenvalue weighted by Crippen LogP contribution is -2.54. The van der Waals surface area contributed by atoms with Gasteiger partial charge in [-0.05, 0) is 42.0 Å². The van der Waals surface area contributed by atoms with Crippen molar-refractivity contribution in [1.82, 2.24) is 5.32 Å². The molecule has 0 saturated carbocycles. The number of aromatic hydroxyl groups is 1. The van der Waals surface area contributed by atoms with Gasteiger partial charge in [0.1, 0.15) is 17.1 Å². The summed E-state index contributed by atoms with van der Waals surface area (Å²) in [5.41, 5.74) is 0.494. The number of amides is 4. The van der Waals surface area contributed by atoms with Crippen LogP contribution in [0.25, 0.3) is 6.08 Å². The van der Waals surface area contributed by atoms with Gasteiger partial charge < -0.3 is 9.84 Å². The molecule has 2 aromatic carbocycles. The first-order chi connectivity index (χ1) is 12.4. The fourth-order valence-corrected chi connectivity index (χ4v) is 2.68. The van der Waals surface area contributed by atoms with E-state index in [1.807, 2.05) is 0 Å². The predicted octanol–water partition coefficient (Wildman–Crippen LogP) is 2.72. The number of phenolic OH excluding ortho intramolecular Hbond substituents is 1. The van der Waals surface area contributed by atoms with Crippen LogP contribution in [-0.2, 0) is 9.59 Å². The van der Waals surface area contributed by atoms with Gasteiger partial charge >= 0.3 is 6.03 Å². The number of hydrogen-bond acceptors (Lipinski definition) is 5. The van der Waals surface area contributed by atoms with Crippen LogP contribution in [0, 0.1) is 0 Å². The standard InChI is InChI=1S/C18H13ClN2O5/c1-26-15-7-4-11(9-14(15)19)21-17(24)13(16(23)20-18(21)25)8-10-2-5-12(22)6-3-10/h2-9,22H,1H3,(H,20,23,25). The van der Waals surface area contributed by atoms with Gasteiger partial charge in [0.15, 0.2) is 0 Å². The molecular formula is C18H13ClN2O5.